The van der Waals surface area contributed by atoms with Crippen molar-refractivity contribution in [1.29, 1.82) is 0 Å². The van der Waals surface area contributed by atoms with Gasteiger partial charge in [0.2, 0.25) is 5.91 Å². The second-order valence-corrected chi connectivity index (χ2v) is 8.16. The number of nitrogens with zero attached hydrogens (tertiary/aromatic N) is 1. The molecule has 0 aliphatic rings. The first-order valence-corrected chi connectivity index (χ1v) is 12.2. The fraction of sp³-hybridized carbons (Fsp3) is 0.840. The quantitative estimate of drug-likeness (QED) is 0.126. The van der Waals surface area contributed by atoms with Crippen LogP contribution in [-0.4, -0.2) is 37.0 Å². The topological polar surface area (TPSA) is 46.6 Å². The van der Waals surface area contributed by atoms with Crippen LogP contribution in [0.25, 0.3) is 0 Å². The molecular weight excluding hydrogens is 362 g/mol. The number of esters is 1. The molecule has 4 nitrogen and oxygen atoms in total. The lowest BCUT2D eigenvalue weighted by Crippen LogP contribution is -2.33. The molecule has 0 fully saturated rings. The number of carbonyl (C=O) groups is 2. The molecule has 170 valence electrons. The smallest absolute Gasteiger partial charge is 0.325 e. The predicted octanol–water partition coefficient (Wildman–Crippen LogP) is 6.83. The van der Waals surface area contributed by atoms with E-state index < -0.39 is 0 Å². The lowest BCUT2D eigenvalue weighted by atomic mass is 10.1. The molecule has 0 N–H and O–H groups in total. The molecule has 1 amide bonds. The summed E-state index contributed by atoms with van der Waals surface area (Å²) in [5.74, 6) is -0.270. The molecule has 4 heteroatoms. The van der Waals surface area contributed by atoms with Crippen molar-refractivity contribution < 1.29 is 14.3 Å². The summed E-state index contributed by atoms with van der Waals surface area (Å²) in [4.78, 5) is 25.2. The second kappa shape index (κ2) is 21.4. The van der Waals surface area contributed by atoms with Crippen molar-refractivity contribution in [2.75, 3.05) is 20.2 Å². The molecule has 0 aromatic carbocycles. The van der Waals surface area contributed by atoms with Crippen LogP contribution in [-0.2, 0) is 14.3 Å². The van der Waals surface area contributed by atoms with Gasteiger partial charge in [0, 0.05) is 13.5 Å². The standard InChI is InChI=1S/C25H47NO3/c1-4-6-8-9-10-11-12-13-14-15-16-17-18-19-20-21-24(27)26(3)23-25(28)29-22-7-5-2/h13-14H,4-12,15-23H2,1-3H3/b14-13-. The molecule has 0 aliphatic heterocycles. The van der Waals surface area contributed by atoms with Crippen molar-refractivity contribution >= 4 is 11.9 Å². The fourth-order valence-electron chi connectivity index (χ4n) is 3.20. The molecule has 0 unspecified atom stereocenters. The van der Waals surface area contributed by atoms with E-state index in [2.05, 4.69) is 26.0 Å². The molecule has 0 aliphatic carbocycles. The van der Waals surface area contributed by atoms with Crippen LogP contribution < -0.4 is 0 Å². The summed E-state index contributed by atoms with van der Waals surface area (Å²) >= 11 is 0. The molecule has 0 aromatic heterocycles. The monoisotopic (exact) mass is 409 g/mol. The molecule has 0 saturated heterocycles. The fourth-order valence-corrected chi connectivity index (χ4v) is 3.20. The maximum atomic E-state index is 12.1. The van der Waals surface area contributed by atoms with Gasteiger partial charge in [0.05, 0.1) is 6.61 Å². The number of ether oxygens (including phenoxy) is 1. The first-order valence-electron chi connectivity index (χ1n) is 12.2. The molecular formula is C25H47NO3. The Balaban J connectivity index is 3.45. The van der Waals surface area contributed by atoms with E-state index in [4.69, 9.17) is 4.74 Å². The van der Waals surface area contributed by atoms with Gasteiger partial charge in [-0.15, -0.1) is 0 Å². The zero-order valence-corrected chi connectivity index (χ0v) is 19.6. The van der Waals surface area contributed by atoms with Gasteiger partial charge in [-0.25, -0.2) is 0 Å². The van der Waals surface area contributed by atoms with Gasteiger partial charge in [0.25, 0.3) is 0 Å². The van der Waals surface area contributed by atoms with Crippen molar-refractivity contribution in [1.82, 2.24) is 4.90 Å². The summed E-state index contributed by atoms with van der Waals surface area (Å²) in [5, 5.41) is 0. The zero-order chi connectivity index (χ0) is 21.6. The Kier molecular flexibility index (Phi) is 20.4. The molecule has 0 bridgehead atoms. The SMILES string of the molecule is CCCCCCCC/C=C\CCCCCCCC(=O)N(C)CC(=O)OCCCC. The number of carbonyl (C=O) groups excluding carboxylic acids is 2. The molecule has 0 spiro atoms. The minimum absolute atomic E-state index is 0.0371. The number of unbranched alkanes of at least 4 members (excludes halogenated alkanes) is 12. The first kappa shape index (κ1) is 27.7. The molecule has 29 heavy (non-hydrogen) atoms. The molecule has 0 aromatic rings. The van der Waals surface area contributed by atoms with Crippen LogP contribution in [0.3, 0.4) is 0 Å². The maximum absolute atomic E-state index is 12.1. The van der Waals surface area contributed by atoms with E-state index in [-0.39, 0.29) is 18.4 Å². The predicted molar refractivity (Wildman–Crippen MR) is 123 cm³/mol. The van der Waals surface area contributed by atoms with E-state index in [0.717, 1.165) is 25.7 Å². The third kappa shape index (κ3) is 19.8. The van der Waals surface area contributed by atoms with Crippen molar-refractivity contribution in [3.63, 3.8) is 0 Å². The third-order valence-electron chi connectivity index (χ3n) is 5.21. The largest absolute Gasteiger partial charge is 0.464 e. The number of rotatable bonds is 20. The summed E-state index contributed by atoms with van der Waals surface area (Å²) in [6.07, 6.45) is 23.3. The summed E-state index contributed by atoms with van der Waals surface area (Å²) in [5.41, 5.74) is 0. The number of allylic oxidation sites excluding steroid dienone is 2. The highest BCUT2D eigenvalue weighted by atomic mass is 16.5. The van der Waals surface area contributed by atoms with Crippen LogP contribution in [0.1, 0.15) is 117 Å². The number of amides is 1. The van der Waals surface area contributed by atoms with Crippen molar-refractivity contribution in [2.24, 2.45) is 0 Å². The Bertz CT molecular complexity index is 420. The van der Waals surface area contributed by atoms with Gasteiger partial charge in [-0.05, 0) is 38.5 Å². The van der Waals surface area contributed by atoms with Crippen molar-refractivity contribution in [3.8, 4) is 0 Å². The average molecular weight is 410 g/mol. The highest BCUT2D eigenvalue weighted by molar-refractivity contribution is 5.81. The van der Waals surface area contributed by atoms with E-state index in [1.807, 2.05) is 0 Å². The van der Waals surface area contributed by atoms with E-state index in [1.54, 1.807) is 7.05 Å². The minimum Gasteiger partial charge on any atom is -0.464 e. The van der Waals surface area contributed by atoms with E-state index in [0.29, 0.717) is 13.0 Å². The molecule has 0 saturated carbocycles. The molecule has 0 heterocycles. The van der Waals surface area contributed by atoms with Gasteiger partial charge in [0.1, 0.15) is 6.54 Å². The lowest BCUT2D eigenvalue weighted by Gasteiger charge is -2.16. The van der Waals surface area contributed by atoms with Crippen molar-refractivity contribution in [2.45, 2.75) is 117 Å². The maximum Gasteiger partial charge on any atom is 0.325 e. The Morgan fingerprint density at radius 3 is 1.83 bits per heavy atom. The van der Waals surface area contributed by atoms with Gasteiger partial charge < -0.3 is 9.64 Å². The van der Waals surface area contributed by atoms with E-state index >= 15 is 0 Å². The van der Waals surface area contributed by atoms with Crippen LogP contribution in [0, 0.1) is 0 Å². The normalized spacial score (nSPS) is 11.1. The van der Waals surface area contributed by atoms with Gasteiger partial charge >= 0.3 is 5.97 Å². The van der Waals surface area contributed by atoms with Crippen LogP contribution in [0.15, 0.2) is 12.2 Å². The summed E-state index contributed by atoms with van der Waals surface area (Å²) in [7, 11) is 1.68. The number of likely N-dealkylation sites (N-methyl/N-ethyl adjacent to an activating group) is 1. The van der Waals surface area contributed by atoms with Crippen molar-refractivity contribution in [3.05, 3.63) is 12.2 Å². The van der Waals surface area contributed by atoms with Crippen LogP contribution in [0.2, 0.25) is 0 Å². The Morgan fingerprint density at radius 1 is 0.724 bits per heavy atom. The average Bonchev–Trinajstić information content (AvgIpc) is 2.70. The summed E-state index contributed by atoms with van der Waals surface area (Å²) in [6, 6.07) is 0. The Hall–Kier alpha value is -1.32. The molecule has 0 rings (SSSR count). The van der Waals surface area contributed by atoms with Crippen LogP contribution >= 0.6 is 0 Å². The lowest BCUT2D eigenvalue weighted by molar-refractivity contribution is -0.148. The van der Waals surface area contributed by atoms with Crippen LogP contribution in [0.4, 0.5) is 0 Å². The van der Waals surface area contributed by atoms with Gasteiger partial charge in [-0.3, -0.25) is 9.59 Å². The van der Waals surface area contributed by atoms with E-state index in [9.17, 15) is 9.59 Å². The molecule has 0 atom stereocenters. The third-order valence-corrected chi connectivity index (χ3v) is 5.21. The Morgan fingerprint density at radius 2 is 1.24 bits per heavy atom. The van der Waals surface area contributed by atoms with E-state index in [1.165, 1.54) is 75.5 Å². The summed E-state index contributed by atoms with van der Waals surface area (Å²) in [6.45, 7) is 4.83. The Labute approximate surface area is 180 Å². The van der Waals surface area contributed by atoms with Crippen LogP contribution in [0.5, 0.6) is 0 Å². The molecule has 0 radical (unpaired) electrons. The van der Waals surface area contributed by atoms with Gasteiger partial charge in [-0.2, -0.15) is 0 Å². The van der Waals surface area contributed by atoms with Gasteiger partial charge in [0.15, 0.2) is 0 Å². The zero-order valence-electron chi connectivity index (χ0n) is 19.6. The van der Waals surface area contributed by atoms with Gasteiger partial charge in [-0.1, -0.05) is 83.8 Å². The number of hydrogen-bond acceptors (Lipinski definition) is 3. The number of hydrogen-bond donors (Lipinski definition) is 0. The highest BCUT2D eigenvalue weighted by Gasteiger charge is 2.13. The summed E-state index contributed by atoms with van der Waals surface area (Å²) < 4.78 is 5.10. The first-order chi connectivity index (χ1) is 14.1. The minimum atomic E-state index is -0.307. The second-order valence-electron chi connectivity index (χ2n) is 8.16. The highest BCUT2D eigenvalue weighted by Crippen LogP contribution is 2.10.